The van der Waals surface area contributed by atoms with E-state index in [2.05, 4.69) is 438 Å². The molecule has 149 heavy (non-hydrogen) atoms. The fourth-order valence-electron chi connectivity index (χ4n) is 20.7. The third-order valence-electron chi connectivity index (χ3n) is 28.0. The molecule has 0 atom stereocenters. The Balaban J connectivity index is 0.000000113. The molecular formula is C137H90N12. The van der Waals surface area contributed by atoms with Gasteiger partial charge in [-0.25, -0.2) is 44.9 Å². The van der Waals surface area contributed by atoms with Gasteiger partial charge in [-0.2, -0.15) is 0 Å². The SMILES string of the molecule is c1ccc(-c2nc(-c3ccc(-c4ccc(-n5c6ccccc6c6c(-c7ccccc7)cccc65)cc4)cc3)nc(-c3ccc4ccccc4c3)n2)cc1.c1ccc(-c2nc(-c3ccc(-c4ccc(-n5c6ccccc6c6ccccc65)cc4)cc3)nc(-c3ccc4ccccc4c3)n2)cc1.c1ccc(-c2nc(-c3ccccc3)nc(-c3ccc(-c4ccc(-n5c6ccccc6c6c(-c7ccccc7)cccc65)cc4)cc3)n2)cc1. The van der Waals surface area contributed by atoms with Crippen molar-refractivity contribution in [3.63, 3.8) is 0 Å². The molecule has 0 aliphatic heterocycles. The molecular weight excluding hydrogens is 1810 g/mol. The van der Waals surface area contributed by atoms with Crippen molar-refractivity contribution in [2.75, 3.05) is 0 Å². The number of fused-ring (bicyclic) bond motifs is 11. The second-order valence-electron chi connectivity index (χ2n) is 37.1. The Morgan fingerprint density at radius 2 is 0.302 bits per heavy atom. The van der Waals surface area contributed by atoms with Crippen LogP contribution in [0.2, 0.25) is 0 Å². The third-order valence-corrected chi connectivity index (χ3v) is 28.0. The molecule has 0 aliphatic rings. The minimum Gasteiger partial charge on any atom is -0.309 e. The first-order valence-electron chi connectivity index (χ1n) is 50.1. The first-order valence-corrected chi connectivity index (χ1v) is 50.1. The molecule has 28 aromatic rings. The van der Waals surface area contributed by atoms with E-state index in [9.17, 15) is 0 Å². The molecule has 12 nitrogen and oxygen atoms in total. The Bertz CT molecular complexity index is 9700. The van der Waals surface area contributed by atoms with Gasteiger partial charge >= 0.3 is 0 Å². The summed E-state index contributed by atoms with van der Waals surface area (Å²) in [5.41, 5.74) is 30.9. The van der Waals surface area contributed by atoms with Crippen LogP contribution in [0.5, 0.6) is 0 Å². The summed E-state index contributed by atoms with van der Waals surface area (Å²) >= 11 is 0. The predicted octanol–water partition coefficient (Wildman–Crippen LogP) is 34.6. The second-order valence-corrected chi connectivity index (χ2v) is 37.1. The molecule has 0 amide bonds. The van der Waals surface area contributed by atoms with Crippen molar-refractivity contribution in [1.29, 1.82) is 0 Å². The number of benzene rings is 22. The van der Waals surface area contributed by atoms with Crippen LogP contribution in [-0.2, 0) is 0 Å². The van der Waals surface area contributed by atoms with Gasteiger partial charge in [0.25, 0.3) is 0 Å². The number of hydrogen-bond acceptors (Lipinski definition) is 9. The zero-order chi connectivity index (χ0) is 98.9. The summed E-state index contributed by atoms with van der Waals surface area (Å²) in [6.45, 7) is 0. The fraction of sp³-hybridized carbons (Fsp3) is 0. The van der Waals surface area contributed by atoms with Gasteiger partial charge in [0.05, 0.1) is 33.1 Å². The molecule has 12 heteroatoms. The molecule has 0 spiro atoms. The summed E-state index contributed by atoms with van der Waals surface area (Å²) in [5.74, 6) is 5.87. The predicted molar refractivity (Wildman–Crippen MR) is 614 cm³/mol. The molecule has 0 saturated heterocycles. The van der Waals surface area contributed by atoms with Crippen LogP contribution in [0, 0.1) is 0 Å². The monoisotopic (exact) mass is 1900 g/mol. The molecule has 0 radical (unpaired) electrons. The van der Waals surface area contributed by atoms with Crippen molar-refractivity contribution in [1.82, 2.24) is 58.6 Å². The lowest BCUT2D eigenvalue weighted by Crippen LogP contribution is -2.00. The Labute approximate surface area is 860 Å². The Morgan fingerprint density at radius 1 is 0.114 bits per heavy atom. The molecule has 28 rings (SSSR count). The van der Waals surface area contributed by atoms with Crippen LogP contribution in [0.25, 0.3) is 262 Å². The van der Waals surface area contributed by atoms with Gasteiger partial charge in [0, 0.05) is 99.5 Å². The summed E-state index contributed by atoms with van der Waals surface area (Å²) in [7, 11) is 0. The van der Waals surface area contributed by atoms with Crippen molar-refractivity contribution in [2.45, 2.75) is 0 Å². The van der Waals surface area contributed by atoms with Crippen LogP contribution in [0.3, 0.4) is 0 Å². The average Bonchev–Trinajstić information content (AvgIpc) is 1.65. The van der Waals surface area contributed by atoms with Gasteiger partial charge in [0.15, 0.2) is 52.4 Å². The standard InChI is InChI=1S/C49H32N4.C45H30N4.C43H28N4/c1-3-13-36(14-4-1)42-19-11-21-45-46(42)43-18-9-10-20-44(43)53(45)41-30-28-35(29-31-41)34-22-25-38(26-23-34)48-50-47(37-15-5-2-6-16-37)51-49(52-48)40-27-24-33-12-7-8-17-39(33)32-40;1-4-13-33(14-5-1)38-20-12-22-41-42(38)39-19-10-11-21-40(39)49(41)37-29-27-32(28-30-37)31-23-25-36(26-24-31)45-47-43(34-15-6-2-7-16-34)46-44(48-45)35-17-8-3-9-18-35;1-2-11-32(12-3-1)41-44-42(46-43(45-41)35-23-20-29-10-4-5-13-34(29)28-35)33-21-18-30(19-22-33)31-24-26-36(27-25-31)47-39-16-8-6-14-37(39)38-15-7-9-17-40(38)47/h1-32H;1-30H;1-28H. The second kappa shape index (κ2) is 39.2. The maximum Gasteiger partial charge on any atom is 0.164 e. The first kappa shape index (κ1) is 88.9. The molecule has 0 aliphatic carbocycles. The highest BCUT2D eigenvalue weighted by Gasteiger charge is 2.24. The Kier molecular flexibility index (Phi) is 23.4. The zero-order valence-corrected chi connectivity index (χ0v) is 80.8. The quantitative estimate of drug-likeness (QED) is 0.0874. The van der Waals surface area contributed by atoms with Gasteiger partial charge < -0.3 is 13.7 Å². The van der Waals surface area contributed by atoms with Gasteiger partial charge in [-0.3, -0.25) is 0 Å². The molecule has 6 aromatic heterocycles. The van der Waals surface area contributed by atoms with Gasteiger partial charge in [-0.05, 0) is 162 Å². The summed E-state index contributed by atoms with van der Waals surface area (Å²) in [6.07, 6.45) is 0. The lowest BCUT2D eigenvalue weighted by molar-refractivity contribution is 1.07. The van der Waals surface area contributed by atoms with E-state index >= 15 is 0 Å². The van der Waals surface area contributed by atoms with Crippen molar-refractivity contribution in [3.05, 3.63) is 546 Å². The fourth-order valence-corrected chi connectivity index (χ4v) is 20.7. The van der Waals surface area contributed by atoms with Crippen molar-refractivity contribution < 1.29 is 0 Å². The van der Waals surface area contributed by atoms with E-state index in [1.165, 1.54) is 98.4 Å². The lowest BCUT2D eigenvalue weighted by atomic mass is 9.99. The maximum atomic E-state index is 5.00. The molecule has 22 aromatic carbocycles. The molecule has 0 saturated carbocycles. The number of para-hydroxylation sites is 4. The van der Waals surface area contributed by atoms with Crippen molar-refractivity contribution in [2.24, 2.45) is 0 Å². The average molecular weight is 1900 g/mol. The van der Waals surface area contributed by atoms with Crippen molar-refractivity contribution in [3.8, 4) is 175 Å². The number of hydrogen-bond donors (Lipinski definition) is 0. The zero-order valence-electron chi connectivity index (χ0n) is 80.8. The summed E-state index contributed by atoms with van der Waals surface area (Å²) in [4.78, 5) is 44.3. The summed E-state index contributed by atoms with van der Waals surface area (Å²) in [5, 5.41) is 12.2. The van der Waals surface area contributed by atoms with E-state index < -0.39 is 0 Å². The number of rotatable bonds is 17. The normalized spacial score (nSPS) is 11.4. The summed E-state index contributed by atoms with van der Waals surface area (Å²) in [6, 6.07) is 191. The van der Waals surface area contributed by atoms with E-state index in [0.29, 0.717) is 52.4 Å². The first-order chi connectivity index (χ1) is 73.8. The topological polar surface area (TPSA) is 131 Å². The highest BCUT2D eigenvalue weighted by molar-refractivity contribution is 6.17. The van der Waals surface area contributed by atoms with E-state index in [1.54, 1.807) is 0 Å². The lowest BCUT2D eigenvalue weighted by Gasteiger charge is -2.11. The Morgan fingerprint density at radius 3 is 0.584 bits per heavy atom. The highest BCUT2D eigenvalue weighted by Crippen LogP contribution is 2.44. The largest absolute Gasteiger partial charge is 0.309 e. The van der Waals surface area contributed by atoms with E-state index in [4.69, 9.17) is 44.9 Å². The van der Waals surface area contributed by atoms with Crippen LogP contribution in [0.4, 0.5) is 0 Å². The van der Waals surface area contributed by atoms with Gasteiger partial charge in [0.1, 0.15) is 0 Å². The Hall–Kier alpha value is -20.2. The van der Waals surface area contributed by atoms with Crippen LogP contribution in [0.15, 0.2) is 546 Å². The number of aromatic nitrogens is 12. The van der Waals surface area contributed by atoms with E-state index in [0.717, 1.165) is 111 Å². The molecule has 0 N–H and O–H groups in total. The van der Waals surface area contributed by atoms with Gasteiger partial charge in [0.2, 0.25) is 0 Å². The number of nitrogens with zero attached hydrogens (tertiary/aromatic N) is 12. The summed E-state index contributed by atoms with van der Waals surface area (Å²) < 4.78 is 7.09. The molecule has 698 valence electrons. The van der Waals surface area contributed by atoms with Crippen molar-refractivity contribution >= 4 is 87.0 Å². The van der Waals surface area contributed by atoms with Crippen LogP contribution in [-0.4, -0.2) is 58.6 Å². The van der Waals surface area contributed by atoms with E-state index in [-0.39, 0.29) is 0 Å². The highest BCUT2D eigenvalue weighted by atomic mass is 15.1. The smallest absolute Gasteiger partial charge is 0.164 e. The molecule has 0 unspecified atom stereocenters. The molecule has 0 bridgehead atoms. The molecule has 6 heterocycles. The molecule has 0 fully saturated rings. The third kappa shape index (κ3) is 17.5. The van der Waals surface area contributed by atoms with Crippen LogP contribution >= 0.6 is 0 Å². The van der Waals surface area contributed by atoms with Crippen LogP contribution in [0.1, 0.15) is 0 Å². The van der Waals surface area contributed by atoms with E-state index in [1.807, 2.05) is 121 Å². The minimum absolute atomic E-state index is 0.644. The van der Waals surface area contributed by atoms with Gasteiger partial charge in [-0.1, -0.05) is 461 Å². The maximum absolute atomic E-state index is 5.00. The van der Waals surface area contributed by atoms with Crippen LogP contribution < -0.4 is 0 Å². The van der Waals surface area contributed by atoms with Gasteiger partial charge in [-0.15, -0.1) is 0 Å². The minimum atomic E-state index is 0.644.